The third-order valence-electron chi connectivity index (χ3n) is 3.63. The number of carbonyl (C=O) groups is 1. The summed E-state index contributed by atoms with van der Waals surface area (Å²) < 4.78 is 5.55. The van der Waals surface area contributed by atoms with E-state index in [2.05, 4.69) is 36.4 Å². The Hall–Kier alpha value is -1.83. The summed E-state index contributed by atoms with van der Waals surface area (Å²) in [6.07, 6.45) is 4.42. The smallest absolute Gasteiger partial charge is 0.256 e. The van der Waals surface area contributed by atoms with Gasteiger partial charge in [0.15, 0.2) is 5.60 Å². The van der Waals surface area contributed by atoms with E-state index in [1.54, 1.807) is 7.11 Å². The van der Waals surface area contributed by atoms with Crippen molar-refractivity contribution in [2.45, 2.75) is 37.7 Å². The highest BCUT2D eigenvalue weighted by Gasteiger charge is 2.54. The standard InChI is InChI=1S/C18H23NO2Si/c1-21-18(13-8-14-22(2,3)4)16(19-17(18)20)12-11-15-9-6-5-7-10-15/h5-7,9-12,16H,13H2,1-4H3,(H,19,20)/b12-11+/t16-,18+/m0/s1. The zero-order chi connectivity index (χ0) is 16.2. The van der Waals surface area contributed by atoms with Gasteiger partial charge in [0.2, 0.25) is 0 Å². The fourth-order valence-electron chi connectivity index (χ4n) is 2.34. The minimum atomic E-state index is -1.44. The van der Waals surface area contributed by atoms with Crippen molar-refractivity contribution in [3.05, 3.63) is 42.0 Å². The lowest BCUT2D eigenvalue weighted by Gasteiger charge is -2.45. The number of amides is 1. The summed E-state index contributed by atoms with van der Waals surface area (Å²) in [5.41, 5.74) is 3.55. The highest BCUT2D eigenvalue weighted by molar-refractivity contribution is 6.83. The van der Waals surface area contributed by atoms with Crippen LogP contribution in [0.15, 0.2) is 36.4 Å². The summed E-state index contributed by atoms with van der Waals surface area (Å²) in [7, 11) is 0.142. The number of methoxy groups -OCH3 is 1. The molecular formula is C18H23NO2Si. The molecule has 1 saturated heterocycles. The van der Waals surface area contributed by atoms with Crippen molar-refractivity contribution in [3.8, 4) is 11.5 Å². The monoisotopic (exact) mass is 313 g/mol. The molecular weight excluding hydrogens is 290 g/mol. The average Bonchev–Trinajstić information content (AvgIpc) is 2.47. The van der Waals surface area contributed by atoms with E-state index in [1.165, 1.54) is 0 Å². The molecule has 1 N–H and O–H groups in total. The summed E-state index contributed by atoms with van der Waals surface area (Å²) in [6.45, 7) is 6.56. The molecule has 116 valence electrons. The van der Waals surface area contributed by atoms with Gasteiger partial charge in [0.1, 0.15) is 8.07 Å². The first-order valence-electron chi connectivity index (χ1n) is 7.47. The third-order valence-corrected chi connectivity index (χ3v) is 4.56. The lowest BCUT2D eigenvalue weighted by molar-refractivity contribution is -0.161. The minimum absolute atomic E-state index is 0.0809. The first-order valence-corrected chi connectivity index (χ1v) is 11.0. The SMILES string of the molecule is CO[C@@]1(CC#C[Si](C)(C)C)C(=O)N[C@H]1/C=C/c1ccccc1. The van der Waals surface area contributed by atoms with Gasteiger partial charge in [-0.05, 0) is 5.56 Å². The molecule has 1 aromatic carbocycles. The minimum Gasteiger partial charge on any atom is -0.365 e. The van der Waals surface area contributed by atoms with E-state index in [9.17, 15) is 4.79 Å². The molecule has 1 aliphatic heterocycles. The van der Waals surface area contributed by atoms with Gasteiger partial charge in [-0.25, -0.2) is 0 Å². The highest BCUT2D eigenvalue weighted by atomic mass is 28.3. The summed E-state index contributed by atoms with van der Waals surface area (Å²) in [4.78, 5) is 12.0. The molecule has 2 rings (SSSR count). The molecule has 1 heterocycles. The fourth-order valence-corrected chi connectivity index (χ4v) is 2.96. The molecule has 22 heavy (non-hydrogen) atoms. The molecule has 0 unspecified atom stereocenters. The topological polar surface area (TPSA) is 38.3 Å². The van der Waals surface area contributed by atoms with Gasteiger partial charge in [-0.2, -0.15) is 0 Å². The second kappa shape index (κ2) is 6.51. The van der Waals surface area contributed by atoms with Crippen LogP contribution < -0.4 is 5.32 Å². The molecule has 0 aliphatic carbocycles. The van der Waals surface area contributed by atoms with Gasteiger partial charge in [0.05, 0.1) is 6.04 Å². The summed E-state index contributed by atoms with van der Waals surface area (Å²) in [6, 6.07) is 9.87. The molecule has 1 aliphatic rings. The fraction of sp³-hybridized carbons (Fsp3) is 0.389. The van der Waals surface area contributed by atoms with Crippen molar-refractivity contribution in [1.29, 1.82) is 0 Å². The lowest BCUT2D eigenvalue weighted by Crippen LogP contribution is -2.72. The van der Waals surface area contributed by atoms with Gasteiger partial charge in [-0.1, -0.05) is 62.1 Å². The Bertz CT molecular complexity index is 622. The molecule has 2 atom stereocenters. The van der Waals surface area contributed by atoms with Crippen molar-refractivity contribution in [2.24, 2.45) is 0 Å². The highest BCUT2D eigenvalue weighted by Crippen LogP contribution is 2.30. The second-order valence-electron chi connectivity index (χ2n) is 6.54. The summed E-state index contributed by atoms with van der Waals surface area (Å²) >= 11 is 0. The van der Waals surface area contributed by atoms with E-state index in [0.29, 0.717) is 6.42 Å². The first kappa shape index (κ1) is 16.5. The maximum atomic E-state index is 12.0. The molecule has 3 nitrogen and oxygen atoms in total. The number of carbonyl (C=O) groups excluding carboxylic acids is 1. The van der Waals surface area contributed by atoms with Crippen LogP contribution in [0.3, 0.4) is 0 Å². The predicted octanol–water partition coefficient (Wildman–Crippen LogP) is 2.85. The first-order chi connectivity index (χ1) is 10.4. The quantitative estimate of drug-likeness (QED) is 0.527. The predicted molar refractivity (Wildman–Crippen MR) is 92.9 cm³/mol. The second-order valence-corrected chi connectivity index (χ2v) is 11.3. The van der Waals surface area contributed by atoms with E-state index < -0.39 is 13.7 Å². The maximum Gasteiger partial charge on any atom is 0.256 e. The molecule has 1 amide bonds. The van der Waals surface area contributed by atoms with Gasteiger partial charge < -0.3 is 10.1 Å². The lowest BCUT2D eigenvalue weighted by atomic mass is 9.81. The number of ether oxygens (including phenoxy) is 1. The van der Waals surface area contributed by atoms with Crippen molar-refractivity contribution < 1.29 is 9.53 Å². The summed E-state index contributed by atoms with van der Waals surface area (Å²) in [5.74, 6) is 3.09. The van der Waals surface area contributed by atoms with Crippen LogP contribution in [0.25, 0.3) is 6.08 Å². The van der Waals surface area contributed by atoms with Crippen LogP contribution in [0.1, 0.15) is 12.0 Å². The Labute approximate surface area is 133 Å². The van der Waals surface area contributed by atoms with Crippen molar-refractivity contribution in [1.82, 2.24) is 5.32 Å². The van der Waals surface area contributed by atoms with Crippen molar-refractivity contribution in [2.75, 3.05) is 7.11 Å². The van der Waals surface area contributed by atoms with Crippen LogP contribution in [0.2, 0.25) is 19.6 Å². The number of β-lactam (4-membered cyclic amide) rings is 1. The molecule has 0 saturated carbocycles. The molecule has 0 radical (unpaired) electrons. The maximum absolute atomic E-state index is 12.0. The zero-order valence-electron chi connectivity index (χ0n) is 13.6. The van der Waals surface area contributed by atoms with E-state index in [0.717, 1.165) is 5.56 Å². The number of hydrogen-bond acceptors (Lipinski definition) is 2. The number of hydrogen-bond donors (Lipinski definition) is 1. The Morgan fingerprint density at radius 1 is 1.32 bits per heavy atom. The Balaban J connectivity index is 2.13. The van der Waals surface area contributed by atoms with E-state index in [-0.39, 0.29) is 11.9 Å². The number of nitrogens with one attached hydrogen (secondary N) is 1. The van der Waals surface area contributed by atoms with E-state index in [4.69, 9.17) is 4.74 Å². The zero-order valence-corrected chi connectivity index (χ0v) is 14.6. The van der Waals surface area contributed by atoms with Gasteiger partial charge in [0, 0.05) is 13.5 Å². The van der Waals surface area contributed by atoms with E-state index in [1.807, 2.05) is 42.5 Å². The van der Waals surface area contributed by atoms with Gasteiger partial charge in [0.25, 0.3) is 5.91 Å². The van der Waals surface area contributed by atoms with Crippen LogP contribution in [0.4, 0.5) is 0 Å². The summed E-state index contributed by atoms with van der Waals surface area (Å²) in [5, 5.41) is 2.90. The molecule has 1 aromatic rings. The molecule has 4 heteroatoms. The van der Waals surface area contributed by atoms with Crippen LogP contribution in [0.5, 0.6) is 0 Å². The van der Waals surface area contributed by atoms with Crippen LogP contribution >= 0.6 is 0 Å². The van der Waals surface area contributed by atoms with Crippen LogP contribution in [0, 0.1) is 11.5 Å². The molecule has 1 fully saturated rings. The molecule has 0 aromatic heterocycles. The Morgan fingerprint density at radius 2 is 2.00 bits per heavy atom. The van der Waals surface area contributed by atoms with Crippen molar-refractivity contribution >= 4 is 20.1 Å². The third kappa shape index (κ3) is 3.68. The van der Waals surface area contributed by atoms with Crippen LogP contribution in [-0.4, -0.2) is 32.7 Å². The van der Waals surface area contributed by atoms with Gasteiger partial charge in [-0.3, -0.25) is 4.79 Å². The largest absolute Gasteiger partial charge is 0.365 e. The average molecular weight is 313 g/mol. The molecule has 0 bridgehead atoms. The number of rotatable bonds is 4. The number of benzene rings is 1. The Kier molecular flexibility index (Phi) is 4.89. The van der Waals surface area contributed by atoms with Crippen LogP contribution in [-0.2, 0) is 9.53 Å². The Morgan fingerprint density at radius 3 is 2.55 bits per heavy atom. The van der Waals surface area contributed by atoms with Crippen molar-refractivity contribution in [3.63, 3.8) is 0 Å². The molecule has 0 spiro atoms. The van der Waals surface area contributed by atoms with Gasteiger partial charge >= 0.3 is 0 Å². The van der Waals surface area contributed by atoms with Gasteiger partial charge in [-0.15, -0.1) is 11.5 Å². The van der Waals surface area contributed by atoms with E-state index >= 15 is 0 Å². The normalized spacial score (nSPS) is 24.4.